The zero-order valence-corrected chi connectivity index (χ0v) is 18.2. The number of carbonyl (C=O) groups is 2. The predicted molar refractivity (Wildman–Crippen MR) is 121 cm³/mol. The summed E-state index contributed by atoms with van der Waals surface area (Å²) in [7, 11) is 3.82. The maximum Gasteiger partial charge on any atom is 0.326 e. The summed E-state index contributed by atoms with van der Waals surface area (Å²) < 4.78 is 1.52. The monoisotopic (exact) mass is 437 g/mol. The van der Waals surface area contributed by atoms with Gasteiger partial charge in [0.1, 0.15) is 5.82 Å². The number of nitrogens with zero attached hydrogens (tertiary/aromatic N) is 3. The van der Waals surface area contributed by atoms with Crippen LogP contribution in [0.15, 0.2) is 41.3 Å². The SMILES string of the molecule is CN(c1ccc(CNC(=O)c2ccc3c(c2)[nH]c(=O)n3C)cn1)C1CC2(CC2)C1.O=CO. The van der Waals surface area contributed by atoms with Gasteiger partial charge in [0.2, 0.25) is 0 Å². The average molecular weight is 438 g/mol. The van der Waals surface area contributed by atoms with E-state index in [0.717, 1.165) is 16.9 Å². The van der Waals surface area contributed by atoms with Gasteiger partial charge in [0, 0.05) is 38.4 Å². The molecule has 1 spiro atoms. The molecule has 9 heteroatoms. The van der Waals surface area contributed by atoms with Gasteiger partial charge >= 0.3 is 5.69 Å². The second-order valence-corrected chi connectivity index (χ2v) is 8.71. The van der Waals surface area contributed by atoms with E-state index in [-0.39, 0.29) is 18.1 Å². The standard InChI is InChI=1S/C22H25N5O2.CH2O2/c1-26(16-10-22(11-16)7-8-22)19-6-3-14(12-23-19)13-24-20(28)15-4-5-18-17(9-15)25-21(29)27(18)2;2-1-3/h3-6,9,12,16H,7-8,10-11,13H2,1-2H3,(H,24,28)(H,25,29);1H,(H,2,3). The number of hydrogen-bond acceptors (Lipinski definition) is 5. The molecule has 0 radical (unpaired) electrons. The van der Waals surface area contributed by atoms with Crippen molar-refractivity contribution in [1.29, 1.82) is 0 Å². The van der Waals surface area contributed by atoms with Crippen molar-refractivity contribution in [3.05, 3.63) is 58.1 Å². The lowest BCUT2D eigenvalue weighted by molar-refractivity contribution is -0.122. The van der Waals surface area contributed by atoms with Crippen LogP contribution in [-0.2, 0) is 18.4 Å². The van der Waals surface area contributed by atoms with Crippen LogP contribution in [0.4, 0.5) is 5.82 Å². The largest absolute Gasteiger partial charge is 0.483 e. The number of anilines is 1. The zero-order chi connectivity index (χ0) is 22.9. The highest BCUT2D eigenvalue weighted by molar-refractivity contribution is 5.97. The Kier molecular flexibility index (Phi) is 5.73. The van der Waals surface area contributed by atoms with Crippen LogP contribution >= 0.6 is 0 Å². The van der Waals surface area contributed by atoms with Gasteiger partial charge in [-0.25, -0.2) is 9.78 Å². The summed E-state index contributed by atoms with van der Waals surface area (Å²) in [6.45, 7) is 0.158. The molecular weight excluding hydrogens is 410 g/mol. The molecule has 2 saturated carbocycles. The van der Waals surface area contributed by atoms with Gasteiger partial charge < -0.3 is 20.3 Å². The fraction of sp³-hybridized carbons (Fsp3) is 0.391. The smallest absolute Gasteiger partial charge is 0.326 e. The first kappa shape index (κ1) is 21.6. The Hall–Kier alpha value is -3.62. The number of fused-ring (bicyclic) bond motifs is 1. The number of carbonyl (C=O) groups excluding carboxylic acids is 1. The van der Waals surface area contributed by atoms with Crippen LogP contribution in [0.1, 0.15) is 41.6 Å². The fourth-order valence-corrected chi connectivity index (χ4v) is 4.38. The molecule has 2 aliphatic rings. The van der Waals surface area contributed by atoms with Crippen LogP contribution in [0.25, 0.3) is 11.0 Å². The van der Waals surface area contributed by atoms with Crippen LogP contribution in [-0.4, -0.2) is 45.1 Å². The molecule has 1 aromatic carbocycles. The molecule has 0 unspecified atom stereocenters. The summed E-state index contributed by atoms with van der Waals surface area (Å²) >= 11 is 0. The summed E-state index contributed by atoms with van der Waals surface area (Å²) in [6.07, 6.45) is 7.21. The summed E-state index contributed by atoms with van der Waals surface area (Å²) in [5.74, 6) is 0.807. The third kappa shape index (κ3) is 4.23. The van der Waals surface area contributed by atoms with Crippen molar-refractivity contribution in [2.75, 3.05) is 11.9 Å². The zero-order valence-electron chi connectivity index (χ0n) is 18.2. The van der Waals surface area contributed by atoms with Crippen molar-refractivity contribution in [3.63, 3.8) is 0 Å². The molecular formula is C23H27N5O4. The van der Waals surface area contributed by atoms with Gasteiger partial charge in [-0.1, -0.05) is 6.07 Å². The lowest BCUT2D eigenvalue weighted by atomic mass is 9.76. The Morgan fingerprint density at radius 1 is 1.34 bits per heavy atom. The second-order valence-electron chi connectivity index (χ2n) is 8.71. The number of rotatable bonds is 5. The molecule has 0 aliphatic heterocycles. The minimum atomic E-state index is -0.250. The summed E-state index contributed by atoms with van der Waals surface area (Å²) in [4.78, 5) is 42.2. The molecule has 3 N–H and O–H groups in total. The van der Waals surface area contributed by atoms with Gasteiger partial charge in [0.15, 0.2) is 0 Å². The summed E-state index contributed by atoms with van der Waals surface area (Å²) in [6, 6.07) is 9.86. The quantitative estimate of drug-likeness (QED) is 0.527. The van der Waals surface area contributed by atoms with Crippen LogP contribution < -0.4 is 15.9 Å². The molecule has 0 saturated heterocycles. The van der Waals surface area contributed by atoms with E-state index in [9.17, 15) is 9.59 Å². The molecule has 168 valence electrons. The van der Waals surface area contributed by atoms with E-state index in [0.29, 0.717) is 29.1 Å². The van der Waals surface area contributed by atoms with Gasteiger partial charge in [-0.15, -0.1) is 0 Å². The van der Waals surface area contributed by atoms with E-state index >= 15 is 0 Å². The second kappa shape index (κ2) is 8.49. The molecule has 0 atom stereocenters. The molecule has 2 heterocycles. The first-order valence-electron chi connectivity index (χ1n) is 10.6. The van der Waals surface area contributed by atoms with E-state index in [1.165, 1.54) is 30.3 Å². The maximum absolute atomic E-state index is 12.5. The van der Waals surface area contributed by atoms with E-state index in [1.807, 2.05) is 18.3 Å². The lowest BCUT2D eigenvalue weighted by Crippen LogP contribution is -2.44. The van der Waals surface area contributed by atoms with Gasteiger partial charge in [-0.05, 0) is 60.9 Å². The molecule has 32 heavy (non-hydrogen) atoms. The van der Waals surface area contributed by atoms with E-state index in [4.69, 9.17) is 9.90 Å². The Labute approximate surface area is 185 Å². The van der Waals surface area contributed by atoms with E-state index in [1.54, 1.807) is 25.2 Å². The normalized spacial score (nSPS) is 16.1. The van der Waals surface area contributed by atoms with Crippen molar-refractivity contribution in [2.45, 2.75) is 38.3 Å². The first-order chi connectivity index (χ1) is 15.4. The number of nitrogens with one attached hydrogen (secondary N) is 2. The first-order valence-corrected chi connectivity index (χ1v) is 10.6. The number of carboxylic acid groups (broad SMARTS) is 1. The van der Waals surface area contributed by atoms with Gasteiger partial charge in [-0.2, -0.15) is 0 Å². The average Bonchev–Trinajstić information content (AvgIpc) is 3.52. The van der Waals surface area contributed by atoms with Crippen molar-refractivity contribution < 1.29 is 14.7 Å². The lowest BCUT2D eigenvalue weighted by Gasteiger charge is -2.42. The molecule has 2 aliphatic carbocycles. The van der Waals surface area contributed by atoms with Crippen LogP contribution in [0.3, 0.4) is 0 Å². The summed E-state index contributed by atoms with van der Waals surface area (Å²) in [5, 5.41) is 9.81. The number of pyridine rings is 1. The van der Waals surface area contributed by atoms with E-state index < -0.39 is 0 Å². The van der Waals surface area contributed by atoms with E-state index in [2.05, 4.69) is 27.2 Å². The van der Waals surface area contributed by atoms with Crippen LogP contribution in [0.2, 0.25) is 0 Å². The number of hydrogen-bond donors (Lipinski definition) is 3. The highest BCUT2D eigenvalue weighted by Gasteiger charge is 2.54. The Morgan fingerprint density at radius 3 is 2.69 bits per heavy atom. The third-order valence-corrected chi connectivity index (χ3v) is 6.63. The highest BCUT2D eigenvalue weighted by Crippen LogP contribution is 2.61. The van der Waals surface area contributed by atoms with Crippen molar-refractivity contribution >= 4 is 29.2 Å². The number of aryl methyl sites for hydroxylation is 1. The molecule has 2 fully saturated rings. The molecule has 0 bridgehead atoms. The fourth-order valence-electron chi connectivity index (χ4n) is 4.38. The van der Waals surface area contributed by atoms with Gasteiger partial charge in [0.05, 0.1) is 11.0 Å². The highest BCUT2D eigenvalue weighted by atomic mass is 16.3. The minimum absolute atomic E-state index is 0.179. The number of imidazole rings is 1. The summed E-state index contributed by atoms with van der Waals surface area (Å²) in [5.41, 5.74) is 3.39. The number of H-pyrrole nitrogens is 1. The topological polar surface area (TPSA) is 120 Å². The number of benzene rings is 1. The van der Waals surface area contributed by atoms with Gasteiger partial charge in [0.25, 0.3) is 12.4 Å². The Balaban J connectivity index is 0.000000775. The van der Waals surface area contributed by atoms with Gasteiger partial charge in [-0.3, -0.25) is 14.2 Å². The van der Waals surface area contributed by atoms with Crippen LogP contribution in [0, 0.1) is 5.41 Å². The maximum atomic E-state index is 12.5. The predicted octanol–water partition coefficient (Wildman–Crippen LogP) is 2.27. The van der Waals surface area contributed by atoms with Crippen molar-refractivity contribution in [3.8, 4) is 0 Å². The molecule has 5 rings (SSSR count). The van der Waals surface area contributed by atoms with Crippen LogP contribution in [0.5, 0.6) is 0 Å². The third-order valence-electron chi connectivity index (χ3n) is 6.63. The number of aromatic nitrogens is 3. The molecule has 1 amide bonds. The number of aromatic amines is 1. The molecule has 3 aromatic rings. The Bertz CT molecular complexity index is 1190. The van der Waals surface area contributed by atoms with Crippen molar-refractivity contribution in [1.82, 2.24) is 19.9 Å². The molecule has 2 aromatic heterocycles. The molecule has 9 nitrogen and oxygen atoms in total. The minimum Gasteiger partial charge on any atom is -0.483 e. The number of amides is 1. The Morgan fingerprint density at radius 2 is 2.06 bits per heavy atom. The van der Waals surface area contributed by atoms with Crippen molar-refractivity contribution in [2.24, 2.45) is 12.5 Å².